The molecule has 4 heteroatoms. The van der Waals surface area contributed by atoms with Gasteiger partial charge in [-0.15, -0.1) is 11.3 Å². The van der Waals surface area contributed by atoms with Crippen molar-refractivity contribution in [3.05, 3.63) is 16.6 Å². The third-order valence-corrected chi connectivity index (χ3v) is 5.84. The number of nitrogens with one attached hydrogen (secondary N) is 1. The molecule has 0 amide bonds. The first kappa shape index (κ1) is 16.9. The SMILES string of the molecule is CCCNC(Cc1cncs1)C1(N(C)C)CCCCCC1. The smallest absolute Gasteiger partial charge is 0.0794 e. The van der Waals surface area contributed by atoms with Crippen molar-refractivity contribution < 1.29 is 0 Å². The Bertz CT molecular complexity index is 381. The van der Waals surface area contributed by atoms with E-state index in [1.165, 1.54) is 49.8 Å². The van der Waals surface area contributed by atoms with Gasteiger partial charge in [-0.3, -0.25) is 4.98 Å². The number of thiazole rings is 1. The van der Waals surface area contributed by atoms with Gasteiger partial charge in [-0.05, 0) is 39.9 Å². The summed E-state index contributed by atoms with van der Waals surface area (Å²) in [6.45, 7) is 3.37. The van der Waals surface area contributed by atoms with E-state index in [0.717, 1.165) is 13.0 Å². The molecule has 1 unspecified atom stereocenters. The average molecular weight is 310 g/mol. The first-order chi connectivity index (χ1) is 10.2. The van der Waals surface area contributed by atoms with E-state index in [1.54, 1.807) is 11.3 Å². The molecule has 120 valence electrons. The lowest BCUT2D eigenvalue weighted by Crippen LogP contribution is -2.59. The summed E-state index contributed by atoms with van der Waals surface area (Å²) < 4.78 is 0. The summed E-state index contributed by atoms with van der Waals surface area (Å²) >= 11 is 1.79. The van der Waals surface area contributed by atoms with Gasteiger partial charge in [-0.1, -0.05) is 32.6 Å². The Labute approximate surface area is 134 Å². The Kier molecular flexibility index (Phi) is 6.65. The molecule has 1 aromatic rings. The van der Waals surface area contributed by atoms with Gasteiger partial charge in [-0.2, -0.15) is 0 Å². The van der Waals surface area contributed by atoms with E-state index in [4.69, 9.17) is 0 Å². The summed E-state index contributed by atoms with van der Waals surface area (Å²) in [5, 5.41) is 3.86. The summed E-state index contributed by atoms with van der Waals surface area (Å²) in [7, 11) is 4.55. The van der Waals surface area contributed by atoms with Crippen LogP contribution in [0.15, 0.2) is 11.7 Å². The van der Waals surface area contributed by atoms with Gasteiger partial charge >= 0.3 is 0 Å². The van der Waals surface area contributed by atoms with Crippen LogP contribution in [0, 0.1) is 0 Å². The normalized spacial score (nSPS) is 20.4. The highest BCUT2D eigenvalue weighted by molar-refractivity contribution is 7.09. The lowest BCUT2D eigenvalue weighted by molar-refractivity contribution is 0.0804. The van der Waals surface area contributed by atoms with Crippen LogP contribution in [0.1, 0.15) is 56.7 Å². The van der Waals surface area contributed by atoms with Crippen molar-refractivity contribution in [2.45, 2.75) is 69.9 Å². The van der Waals surface area contributed by atoms with E-state index < -0.39 is 0 Å². The topological polar surface area (TPSA) is 28.2 Å². The average Bonchev–Trinajstić information content (AvgIpc) is 2.85. The highest BCUT2D eigenvalue weighted by atomic mass is 32.1. The fourth-order valence-corrected chi connectivity index (χ4v) is 4.40. The van der Waals surface area contributed by atoms with Gasteiger partial charge in [0.2, 0.25) is 0 Å². The quantitative estimate of drug-likeness (QED) is 0.778. The second-order valence-electron chi connectivity index (χ2n) is 6.59. The molecule has 1 aromatic heterocycles. The third kappa shape index (κ3) is 4.27. The predicted octanol–water partition coefficient (Wildman–Crippen LogP) is 3.71. The van der Waals surface area contributed by atoms with Crippen molar-refractivity contribution in [1.29, 1.82) is 0 Å². The first-order valence-corrected chi connectivity index (χ1v) is 9.35. The van der Waals surface area contributed by atoms with Gasteiger partial charge in [0.25, 0.3) is 0 Å². The molecule has 0 radical (unpaired) electrons. The molecule has 1 heterocycles. The molecule has 0 spiro atoms. The summed E-state index contributed by atoms with van der Waals surface area (Å²) in [6, 6.07) is 0.533. The lowest BCUT2D eigenvalue weighted by atomic mass is 9.79. The van der Waals surface area contributed by atoms with E-state index in [1.807, 2.05) is 11.7 Å². The second kappa shape index (κ2) is 8.25. The number of aromatic nitrogens is 1. The maximum Gasteiger partial charge on any atom is 0.0794 e. The number of likely N-dealkylation sites (N-methyl/N-ethyl adjacent to an activating group) is 1. The summed E-state index contributed by atoms with van der Waals surface area (Å²) in [6.07, 6.45) is 12.5. The fraction of sp³-hybridized carbons (Fsp3) is 0.824. The minimum absolute atomic E-state index is 0.301. The Morgan fingerprint density at radius 2 is 2.00 bits per heavy atom. The van der Waals surface area contributed by atoms with Crippen molar-refractivity contribution in [3.63, 3.8) is 0 Å². The molecule has 1 aliphatic rings. The van der Waals surface area contributed by atoms with Crippen molar-refractivity contribution in [2.75, 3.05) is 20.6 Å². The molecule has 0 aromatic carbocycles. The highest BCUT2D eigenvalue weighted by Gasteiger charge is 2.40. The molecule has 1 atom stereocenters. The van der Waals surface area contributed by atoms with Crippen molar-refractivity contribution in [2.24, 2.45) is 0 Å². The molecule has 2 rings (SSSR count). The summed E-state index contributed by atoms with van der Waals surface area (Å²) in [4.78, 5) is 8.18. The molecule has 1 fully saturated rings. The van der Waals surface area contributed by atoms with Crippen LogP contribution in [0.25, 0.3) is 0 Å². The van der Waals surface area contributed by atoms with Gasteiger partial charge in [0.05, 0.1) is 5.51 Å². The molecule has 0 saturated heterocycles. The van der Waals surface area contributed by atoms with Crippen LogP contribution in [-0.2, 0) is 6.42 Å². The zero-order valence-electron chi connectivity index (χ0n) is 13.9. The largest absolute Gasteiger partial charge is 0.312 e. The van der Waals surface area contributed by atoms with Crippen molar-refractivity contribution in [3.8, 4) is 0 Å². The number of hydrogen-bond donors (Lipinski definition) is 1. The van der Waals surface area contributed by atoms with E-state index in [2.05, 4.69) is 36.2 Å². The minimum Gasteiger partial charge on any atom is -0.312 e. The Morgan fingerprint density at radius 1 is 1.29 bits per heavy atom. The zero-order valence-corrected chi connectivity index (χ0v) is 14.7. The lowest BCUT2D eigenvalue weighted by Gasteiger charge is -2.46. The van der Waals surface area contributed by atoms with Crippen LogP contribution in [0.5, 0.6) is 0 Å². The summed E-state index contributed by atoms with van der Waals surface area (Å²) in [5.74, 6) is 0. The van der Waals surface area contributed by atoms with Gasteiger partial charge in [0.1, 0.15) is 0 Å². The van der Waals surface area contributed by atoms with Crippen LogP contribution < -0.4 is 5.32 Å². The van der Waals surface area contributed by atoms with Gasteiger partial charge < -0.3 is 10.2 Å². The summed E-state index contributed by atoms with van der Waals surface area (Å²) in [5.41, 5.74) is 2.26. The van der Waals surface area contributed by atoms with Crippen LogP contribution in [0.2, 0.25) is 0 Å². The van der Waals surface area contributed by atoms with Crippen LogP contribution in [0.4, 0.5) is 0 Å². The number of nitrogens with zero attached hydrogens (tertiary/aromatic N) is 2. The predicted molar refractivity (Wildman–Crippen MR) is 92.0 cm³/mol. The van der Waals surface area contributed by atoms with Gasteiger partial charge in [0.15, 0.2) is 0 Å². The molecular weight excluding hydrogens is 278 g/mol. The molecule has 1 aliphatic carbocycles. The first-order valence-electron chi connectivity index (χ1n) is 8.47. The molecule has 3 nitrogen and oxygen atoms in total. The maximum atomic E-state index is 4.26. The Balaban J connectivity index is 2.20. The van der Waals surface area contributed by atoms with Crippen LogP contribution >= 0.6 is 11.3 Å². The van der Waals surface area contributed by atoms with E-state index in [0.29, 0.717) is 11.6 Å². The molecule has 1 N–H and O–H groups in total. The maximum absolute atomic E-state index is 4.26. The highest BCUT2D eigenvalue weighted by Crippen LogP contribution is 2.35. The van der Waals surface area contributed by atoms with Crippen LogP contribution in [0.3, 0.4) is 0 Å². The second-order valence-corrected chi connectivity index (χ2v) is 7.56. The molecule has 0 bridgehead atoms. The third-order valence-electron chi connectivity index (χ3n) is 5.04. The van der Waals surface area contributed by atoms with Gasteiger partial charge in [-0.25, -0.2) is 0 Å². The molecular formula is C17H31N3S. The van der Waals surface area contributed by atoms with E-state index in [9.17, 15) is 0 Å². The molecule has 1 saturated carbocycles. The van der Waals surface area contributed by atoms with Crippen molar-refractivity contribution in [1.82, 2.24) is 15.2 Å². The van der Waals surface area contributed by atoms with Crippen LogP contribution in [-0.4, -0.2) is 42.1 Å². The molecule has 21 heavy (non-hydrogen) atoms. The molecule has 0 aliphatic heterocycles. The number of hydrogen-bond acceptors (Lipinski definition) is 4. The van der Waals surface area contributed by atoms with E-state index >= 15 is 0 Å². The monoisotopic (exact) mass is 309 g/mol. The van der Waals surface area contributed by atoms with Crippen molar-refractivity contribution >= 4 is 11.3 Å². The Morgan fingerprint density at radius 3 is 2.52 bits per heavy atom. The number of rotatable bonds is 7. The minimum atomic E-state index is 0.301. The fourth-order valence-electron chi connectivity index (χ4n) is 3.76. The standard InChI is InChI=1S/C17H31N3S/c1-4-11-19-16(12-15-13-18-14-21-15)17(20(2)3)9-7-5-6-8-10-17/h13-14,16,19H,4-12H2,1-3H3. The van der Waals surface area contributed by atoms with Gasteiger partial charge in [0, 0.05) is 29.1 Å². The zero-order chi connectivity index (χ0) is 15.1. The van der Waals surface area contributed by atoms with E-state index in [-0.39, 0.29) is 0 Å². The Hall–Kier alpha value is -0.450.